The van der Waals surface area contributed by atoms with E-state index in [1.165, 1.54) is 0 Å². The lowest BCUT2D eigenvalue weighted by Gasteiger charge is -2.16. The molecule has 2 heterocycles. The van der Waals surface area contributed by atoms with Gasteiger partial charge in [0.15, 0.2) is 0 Å². The maximum absolute atomic E-state index is 11.8. The zero-order valence-corrected chi connectivity index (χ0v) is 8.26. The van der Waals surface area contributed by atoms with E-state index in [9.17, 15) is 4.79 Å². The molecule has 4 nitrogen and oxygen atoms in total. The number of urea groups is 1. The summed E-state index contributed by atoms with van der Waals surface area (Å²) in [6.07, 6.45) is 8.53. The minimum absolute atomic E-state index is 0.0286. The van der Waals surface area contributed by atoms with Gasteiger partial charge in [-0.3, -0.25) is 9.88 Å². The quantitative estimate of drug-likeness (QED) is 0.668. The number of rotatable bonds is 2. The van der Waals surface area contributed by atoms with Crippen LogP contribution in [0.5, 0.6) is 0 Å². The highest BCUT2D eigenvalue weighted by molar-refractivity contribution is 5.94. The summed E-state index contributed by atoms with van der Waals surface area (Å²) >= 11 is 0. The molecule has 4 heteroatoms. The van der Waals surface area contributed by atoms with Crippen LogP contribution >= 0.6 is 0 Å². The summed E-state index contributed by atoms with van der Waals surface area (Å²) in [6.45, 7) is 1.75. The van der Waals surface area contributed by atoms with Crippen LogP contribution in [-0.2, 0) is 0 Å². The summed E-state index contributed by atoms with van der Waals surface area (Å²) in [6, 6.07) is 3.60. The lowest BCUT2D eigenvalue weighted by Crippen LogP contribution is -2.31. The molecule has 0 radical (unpaired) electrons. The second-order valence-electron chi connectivity index (χ2n) is 3.27. The van der Waals surface area contributed by atoms with Gasteiger partial charge in [0, 0.05) is 31.2 Å². The molecule has 1 aromatic rings. The zero-order chi connectivity index (χ0) is 10.7. The molecule has 1 saturated heterocycles. The molecular weight excluding hydrogens is 190 g/mol. The highest BCUT2D eigenvalue weighted by atomic mass is 16.2. The minimum atomic E-state index is -0.0286. The molecular formula is C11H11N3O. The predicted octanol–water partition coefficient (Wildman–Crippen LogP) is 0.957. The van der Waals surface area contributed by atoms with Crippen LogP contribution in [0.1, 0.15) is 0 Å². The smallest absolute Gasteiger partial charge is 0.311 e. The number of amides is 2. The van der Waals surface area contributed by atoms with Crippen molar-refractivity contribution in [1.82, 2.24) is 9.88 Å². The van der Waals surface area contributed by atoms with Crippen LogP contribution in [-0.4, -0.2) is 35.5 Å². The van der Waals surface area contributed by atoms with Crippen molar-refractivity contribution in [3.8, 4) is 12.3 Å². The average molecular weight is 201 g/mol. The van der Waals surface area contributed by atoms with Gasteiger partial charge in [0.05, 0.1) is 6.54 Å². The summed E-state index contributed by atoms with van der Waals surface area (Å²) in [4.78, 5) is 19.1. The third-order valence-electron chi connectivity index (χ3n) is 2.35. The van der Waals surface area contributed by atoms with Crippen molar-refractivity contribution >= 4 is 11.7 Å². The molecule has 0 unspecified atom stereocenters. The summed E-state index contributed by atoms with van der Waals surface area (Å²) in [5.74, 6) is 2.48. The molecule has 76 valence electrons. The SMILES string of the molecule is C#CCN1CCN(c2ccncc2)C1=O. The zero-order valence-electron chi connectivity index (χ0n) is 8.26. The normalized spacial score (nSPS) is 15.5. The number of hydrogen-bond donors (Lipinski definition) is 0. The maximum Gasteiger partial charge on any atom is 0.325 e. The van der Waals surface area contributed by atoms with E-state index < -0.39 is 0 Å². The van der Waals surface area contributed by atoms with Gasteiger partial charge in [0.2, 0.25) is 0 Å². The molecule has 1 aliphatic heterocycles. The fraction of sp³-hybridized carbons (Fsp3) is 0.273. The average Bonchev–Trinajstić information content (AvgIpc) is 2.63. The highest BCUT2D eigenvalue weighted by Gasteiger charge is 2.28. The molecule has 0 aliphatic carbocycles. The third-order valence-corrected chi connectivity index (χ3v) is 2.35. The predicted molar refractivity (Wildman–Crippen MR) is 57.4 cm³/mol. The van der Waals surface area contributed by atoms with Gasteiger partial charge >= 0.3 is 6.03 Å². The van der Waals surface area contributed by atoms with Crippen LogP contribution in [0.25, 0.3) is 0 Å². The molecule has 1 aliphatic rings. The number of anilines is 1. The Labute approximate surface area is 88.5 Å². The first-order valence-corrected chi connectivity index (χ1v) is 4.73. The summed E-state index contributed by atoms with van der Waals surface area (Å²) in [5, 5.41) is 0. The van der Waals surface area contributed by atoms with Gasteiger partial charge in [-0.15, -0.1) is 6.42 Å². The van der Waals surface area contributed by atoms with Gasteiger partial charge in [0.1, 0.15) is 0 Å². The van der Waals surface area contributed by atoms with Crippen molar-refractivity contribution in [2.24, 2.45) is 0 Å². The van der Waals surface area contributed by atoms with Gasteiger partial charge in [-0.2, -0.15) is 0 Å². The lowest BCUT2D eigenvalue weighted by atomic mass is 10.4. The van der Waals surface area contributed by atoms with Crippen molar-refractivity contribution in [1.29, 1.82) is 0 Å². The number of terminal acetylenes is 1. The summed E-state index contributed by atoms with van der Waals surface area (Å²) < 4.78 is 0. The summed E-state index contributed by atoms with van der Waals surface area (Å²) in [7, 11) is 0. The molecule has 1 fully saturated rings. The molecule has 2 amide bonds. The fourth-order valence-corrected chi connectivity index (χ4v) is 1.60. The number of aromatic nitrogens is 1. The van der Waals surface area contributed by atoms with Gasteiger partial charge < -0.3 is 4.90 Å². The van der Waals surface area contributed by atoms with Crippen molar-refractivity contribution in [2.75, 3.05) is 24.5 Å². The van der Waals surface area contributed by atoms with E-state index in [0.29, 0.717) is 19.6 Å². The van der Waals surface area contributed by atoms with E-state index >= 15 is 0 Å². The van der Waals surface area contributed by atoms with Crippen LogP contribution in [0.2, 0.25) is 0 Å². The number of pyridine rings is 1. The van der Waals surface area contributed by atoms with Crippen LogP contribution < -0.4 is 4.90 Å². The van der Waals surface area contributed by atoms with E-state index in [0.717, 1.165) is 5.69 Å². The van der Waals surface area contributed by atoms with Crippen LogP contribution in [0, 0.1) is 12.3 Å². The Morgan fingerprint density at radius 3 is 2.80 bits per heavy atom. The molecule has 2 rings (SSSR count). The largest absolute Gasteiger partial charge is 0.325 e. The molecule has 0 spiro atoms. The summed E-state index contributed by atoms with van der Waals surface area (Å²) in [5.41, 5.74) is 0.870. The van der Waals surface area contributed by atoms with Gasteiger partial charge in [-0.05, 0) is 12.1 Å². The van der Waals surface area contributed by atoms with Crippen molar-refractivity contribution in [3.05, 3.63) is 24.5 Å². The van der Waals surface area contributed by atoms with Gasteiger partial charge in [-0.1, -0.05) is 5.92 Å². The Bertz CT molecular complexity index is 396. The number of nitrogens with zero attached hydrogens (tertiary/aromatic N) is 3. The minimum Gasteiger partial charge on any atom is -0.311 e. The molecule has 0 aromatic carbocycles. The van der Waals surface area contributed by atoms with Crippen LogP contribution in [0.3, 0.4) is 0 Å². The Hall–Kier alpha value is -2.02. The Kier molecular flexibility index (Phi) is 2.55. The monoisotopic (exact) mass is 201 g/mol. The molecule has 0 N–H and O–H groups in total. The number of hydrogen-bond acceptors (Lipinski definition) is 2. The van der Waals surface area contributed by atoms with Gasteiger partial charge in [-0.25, -0.2) is 4.79 Å². The third kappa shape index (κ3) is 1.77. The molecule has 0 atom stereocenters. The molecule has 15 heavy (non-hydrogen) atoms. The lowest BCUT2D eigenvalue weighted by molar-refractivity contribution is 0.225. The first-order chi connectivity index (χ1) is 7.33. The highest BCUT2D eigenvalue weighted by Crippen LogP contribution is 2.18. The molecule has 1 aromatic heterocycles. The first-order valence-electron chi connectivity index (χ1n) is 4.73. The van der Waals surface area contributed by atoms with Crippen molar-refractivity contribution in [2.45, 2.75) is 0 Å². The van der Waals surface area contributed by atoms with E-state index in [1.54, 1.807) is 22.2 Å². The fourth-order valence-electron chi connectivity index (χ4n) is 1.60. The van der Waals surface area contributed by atoms with Crippen molar-refractivity contribution < 1.29 is 4.79 Å². The second kappa shape index (κ2) is 4.01. The van der Waals surface area contributed by atoms with Crippen LogP contribution in [0.15, 0.2) is 24.5 Å². The van der Waals surface area contributed by atoms with E-state index in [2.05, 4.69) is 10.9 Å². The second-order valence-corrected chi connectivity index (χ2v) is 3.27. The maximum atomic E-state index is 11.8. The number of carbonyl (C=O) groups is 1. The first kappa shape index (κ1) is 9.53. The van der Waals surface area contributed by atoms with Crippen molar-refractivity contribution in [3.63, 3.8) is 0 Å². The Morgan fingerprint density at radius 2 is 2.13 bits per heavy atom. The molecule has 0 saturated carbocycles. The topological polar surface area (TPSA) is 36.4 Å². The Balaban J connectivity index is 2.15. The number of carbonyl (C=O) groups excluding carboxylic acids is 1. The van der Waals surface area contributed by atoms with E-state index in [-0.39, 0.29) is 6.03 Å². The van der Waals surface area contributed by atoms with E-state index in [1.807, 2.05) is 12.1 Å². The standard InChI is InChI=1S/C11H11N3O/c1-2-7-13-8-9-14(11(13)15)10-3-5-12-6-4-10/h1,3-6H,7-9H2. The molecule has 0 bridgehead atoms. The van der Waals surface area contributed by atoms with E-state index in [4.69, 9.17) is 6.42 Å². The Morgan fingerprint density at radius 1 is 1.40 bits per heavy atom. The van der Waals surface area contributed by atoms with Crippen LogP contribution in [0.4, 0.5) is 10.5 Å². The van der Waals surface area contributed by atoms with Gasteiger partial charge in [0.25, 0.3) is 0 Å².